The number of rotatable bonds is 2. The van der Waals surface area contributed by atoms with Crippen LogP contribution in [-0.4, -0.2) is 15.7 Å². The highest BCUT2D eigenvalue weighted by atomic mass is 19.3. The summed E-state index contributed by atoms with van der Waals surface area (Å²) in [6.45, 7) is 4.00. The maximum atomic E-state index is 12.4. The number of fused-ring (bicyclic) bond motifs is 3. The molecule has 1 aromatic heterocycles. The van der Waals surface area contributed by atoms with Gasteiger partial charge in [0.1, 0.15) is 0 Å². The van der Waals surface area contributed by atoms with Crippen LogP contribution in [0.4, 0.5) is 8.78 Å². The van der Waals surface area contributed by atoms with Crippen molar-refractivity contribution in [3.05, 3.63) is 11.8 Å². The Labute approximate surface area is 111 Å². The quantitative estimate of drug-likeness (QED) is 0.897. The lowest BCUT2D eigenvalue weighted by Gasteiger charge is -2.49. The SMILES string of the molecule is CC.NC12CCC(c3nnc(C(F)F)o3)(CC1)CC2. The molecular weight excluding hydrogens is 252 g/mol. The van der Waals surface area contributed by atoms with Gasteiger partial charge in [-0.2, -0.15) is 8.78 Å². The van der Waals surface area contributed by atoms with Gasteiger partial charge in [0.05, 0.1) is 0 Å². The van der Waals surface area contributed by atoms with Gasteiger partial charge in [-0.25, -0.2) is 0 Å². The lowest BCUT2D eigenvalue weighted by atomic mass is 9.57. The molecule has 1 aromatic rings. The summed E-state index contributed by atoms with van der Waals surface area (Å²) in [5, 5.41) is 7.23. The lowest BCUT2D eigenvalue weighted by molar-refractivity contribution is 0.0734. The van der Waals surface area contributed by atoms with Crippen molar-refractivity contribution >= 4 is 0 Å². The van der Waals surface area contributed by atoms with Gasteiger partial charge >= 0.3 is 6.43 Å². The molecule has 6 heteroatoms. The third-order valence-corrected chi connectivity index (χ3v) is 4.39. The van der Waals surface area contributed by atoms with Crippen molar-refractivity contribution in [2.24, 2.45) is 5.73 Å². The van der Waals surface area contributed by atoms with Crippen molar-refractivity contribution in [1.29, 1.82) is 0 Å². The minimum Gasteiger partial charge on any atom is -0.419 e. The summed E-state index contributed by atoms with van der Waals surface area (Å²) in [6.07, 6.45) is 2.67. The van der Waals surface area contributed by atoms with Crippen LogP contribution < -0.4 is 5.73 Å². The van der Waals surface area contributed by atoms with E-state index in [2.05, 4.69) is 10.2 Å². The first-order valence-corrected chi connectivity index (χ1v) is 6.94. The molecule has 0 amide bonds. The van der Waals surface area contributed by atoms with Gasteiger partial charge in [-0.15, -0.1) is 10.2 Å². The molecular formula is C13H21F2N3O. The third kappa shape index (κ3) is 2.50. The lowest BCUT2D eigenvalue weighted by Crippen LogP contribution is -2.53. The van der Waals surface area contributed by atoms with Crippen molar-refractivity contribution < 1.29 is 13.2 Å². The summed E-state index contributed by atoms with van der Waals surface area (Å²) in [6, 6.07) is 0. The predicted molar refractivity (Wildman–Crippen MR) is 66.9 cm³/mol. The van der Waals surface area contributed by atoms with Crippen molar-refractivity contribution in [1.82, 2.24) is 10.2 Å². The fourth-order valence-electron chi connectivity index (χ4n) is 3.07. The molecule has 3 fully saturated rings. The predicted octanol–water partition coefficient (Wildman–Crippen LogP) is 3.34. The Morgan fingerprint density at radius 1 is 1.05 bits per heavy atom. The normalized spacial score (nSPS) is 33.2. The van der Waals surface area contributed by atoms with Crippen LogP contribution in [0.3, 0.4) is 0 Å². The molecule has 3 saturated carbocycles. The molecule has 0 aromatic carbocycles. The van der Waals surface area contributed by atoms with Gasteiger partial charge in [-0.05, 0) is 38.5 Å². The first-order chi connectivity index (χ1) is 9.03. The Morgan fingerprint density at radius 2 is 1.58 bits per heavy atom. The summed E-state index contributed by atoms with van der Waals surface area (Å²) in [7, 11) is 0. The standard InChI is InChI=1S/C11H15F2N3O.C2H6/c12-7(13)8-15-16-9(17-8)10-1-4-11(14,5-2-10)6-3-10;1-2/h7H,1-6,14H2;1-2H3. The molecule has 0 spiro atoms. The van der Waals surface area contributed by atoms with Crippen LogP contribution >= 0.6 is 0 Å². The Bertz CT molecular complexity index is 409. The van der Waals surface area contributed by atoms with E-state index in [1.807, 2.05) is 13.8 Å². The maximum absolute atomic E-state index is 12.4. The summed E-state index contributed by atoms with van der Waals surface area (Å²) in [4.78, 5) is 0. The van der Waals surface area contributed by atoms with E-state index in [0.29, 0.717) is 5.89 Å². The molecule has 1 heterocycles. The molecule has 3 aliphatic rings. The van der Waals surface area contributed by atoms with Gasteiger partial charge in [0.15, 0.2) is 0 Å². The zero-order valence-corrected chi connectivity index (χ0v) is 11.5. The zero-order chi connectivity index (χ0) is 14.1. The van der Waals surface area contributed by atoms with Gasteiger partial charge in [0.2, 0.25) is 5.89 Å². The fraction of sp³-hybridized carbons (Fsp3) is 0.846. The molecule has 2 N–H and O–H groups in total. The van der Waals surface area contributed by atoms with E-state index in [4.69, 9.17) is 10.2 Å². The molecule has 4 rings (SSSR count). The monoisotopic (exact) mass is 273 g/mol. The van der Waals surface area contributed by atoms with E-state index >= 15 is 0 Å². The topological polar surface area (TPSA) is 64.9 Å². The Hall–Kier alpha value is -1.04. The number of aromatic nitrogens is 2. The Kier molecular flexibility index (Phi) is 3.90. The molecule has 19 heavy (non-hydrogen) atoms. The Morgan fingerprint density at radius 3 is 2.00 bits per heavy atom. The maximum Gasteiger partial charge on any atom is 0.314 e. The fourth-order valence-corrected chi connectivity index (χ4v) is 3.07. The van der Waals surface area contributed by atoms with Crippen molar-refractivity contribution in [3.63, 3.8) is 0 Å². The van der Waals surface area contributed by atoms with Gasteiger partial charge in [0, 0.05) is 11.0 Å². The zero-order valence-electron chi connectivity index (χ0n) is 11.5. The minimum absolute atomic E-state index is 0.0483. The van der Waals surface area contributed by atoms with E-state index < -0.39 is 12.3 Å². The van der Waals surface area contributed by atoms with E-state index in [1.54, 1.807) is 0 Å². The van der Waals surface area contributed by atoms with Crippen molar-refractivity contribution in [2.45, 2.75) is 69.8 Å². The van der Waals surface area contributed by atoms with E-state index in [-0.39, 0.29) is 11.0 Å². The molecule has 0 unspecified atom stereocenters. The average Bonchev–Trinajstić information content (AvgIpc) is 2.93. The van der Waals surface area contributed by atoms with Crippen molar-refractivity contribution in [3.8, 4) is 0 Å². The van der Waals surface area contributed by atoms with Crippen LogP contribution in [0, 0.1) is 0 Å². The number of hydrogen-bond donors (Lipinski definition) is 1. The molecule has 0 radical (unpaired) electrons. The van der Waals surface area contributed by atoms with Gasteiger partial charge in [0.25, 0.3) is 5.89 Å². The molecule has 2 bridgehead atoms. The van der Waals surface area contributed by atoms with Crippen LogP contribution in [0.25, 0.3) is 0 Å². The molecule has 0 atom stereocenters. The second-order valence-corrected chi connectivity index (χ2v) is 5.39. The van der Waals surface area contributed by atoms with Gasteiger partial charge < -0.3 is 10.2 Å². The summed E-state index contributed by atoms with van der Waals surface area (Å²) >= 11 is 0. The van der Waals surface area contributed by atoms with Gasteiger partial charge in [-0.3, -0.25) is 0 Å². The Balaban J connectivity index is 0.000000637. The number of hydrogen-bond acceptors (Lipinski definition) is 4. The molecule has 0 saturated heterocycles. The average molecular weight is 273 g/mol. The number of nitrogens with two attached hydrogens (primary N) is 1. The highest BCUT2D eigenvalue weighted by Crippen LogP contribution is 2.52. The highest BCUT2D eigenvalue weighted by molar-refractivity contribution is 5.14. The largest absolute Gasteiger partial charge is 0.419 e. The molecule has 4 nitrogen and oxygen atoms in total. The smallest absolute Gasteiger partial charge is 0.314 e. The number of alkyl halides is 2. The summed E-state index contributed by atoms with van der Waals surface area (Å²) in [5.41, 5.74) is 5.96. The van der Waals surface area contributed by atoms with Crippen LogP contribution in [0.2, 0.25) is 0 Å². The molecule has 108 valence electrons. The minimum atomic E-state index is -2.69. The van der Waals surface area contributed by atoms with Crippen molar-refractivity contribution in [2.75, 3.05) is 0 Å². The van der Waals surface area contributed by atoms with Crippen LogP contribution in [0.5, 0.6) is 0 Å². The van der Waals surface area contributed by atoms with Crippen LogP contribution in [0.15, 0.2) is 4.42 Å². The summed E-state index contributed by atoms with van der Waals surface area (Å²) < 4.78 is 30.0. The van der Waals surface area contributed by atoms with E-state index in [0.717, 1.165) is 38.5 Å². The van der Waals surface area contributed by atoms with Gasteiger partial charge in [-0.1, -0.05) is 13.8 Å². The first kappa shape index (κ1) is 14.4. The number of nitrogens with zero attached hydrogens (tertiary/aromatic N) is 2. The van der Waals surface area contributed by atoms with Crippen LogP contribution in [0.1, 0.15) is 70.6 Å². The second kappa shape index (κ2) is 5.15. The van der Waals surface area contributed by atoms with Crippen LogP contribution in [-0.2, 0) is 5.41 Å². The first-order valence-electron chi connectivity index (χ1n) is 6.94. The van der Waals surface area contributed by atoms with E-state index in [9.17, 15) is 8.78 Å². The third-order valence-electron chi connectivity index (χ3n) is 4.39. The van der Waals surface area contributed by atoms with E-state index in [1.165, 1.54) is 0 Å². The molecule has 3 aliphatic carbocycles. The molecule has 0 aliphatic heterocycles. The second-order valence-electron chi connectivity index (χ2n) is 5.39. The highest BCUT2D eigenvalue weighted by Gasteiger charge is 2.50. The number of halogens is 2. The summed E-state index contributed by atoms with van der Waals surface area (Å²) in [5.74, 6) is -0.181.